The Morgan fingerprint density at radius 2 is 2.27 bits per heavy atom. The number of rotatable bonds is 7. The van der Waals surface area contributed by atoms with Crippen LogP contribution in [0, 0.1) is 0 Å². The highest BCUT2D eigenvalue weighted by molar-refractivity contribution is 6.30. The fraction of sp³-hybridized carbons (Fsp3) is 0.450. The van der Waals surface area contributed by atoms with E-state index in [0.29, 0.717) is 31.0 Å². The molecule has 0 bridgehead atoms. The van der Waals surface area contributed by atoms with Crippen molar-refractivity contribution in [3.63, 3.8) is 0 Å². The Kier molecular flexibility index (Phi) is 6.58. The van der Waals surface area contributed by atoms with Gasteiger partial charge in [-0.05, 0) is 30.7 Å². The first-order valence-corrected chi connectivity index (χ1v) is 9.48. The highest BCUT2D eigenvalue weighted by atomic mass is 35.5. The number of benzene rings is 1. The van der Waals surface area contributed by atoms with Crippen molar-refractivity contribution in [3.05, 3.63) is 52.9 Å². The van der Waals surface area contributed by atoms with Crippen molar-refractivity contribution in [2.75, 3.05) is 19.6 Å². The van der Waals surface area contributed by atoms with Crippen LogP contribution in [0.3, 0.4) is 0 Å². The molecule has 1 aliphatic rings. The molecule has 1 aromatic carbocycles. The van der Waals surface area contributed by atoms with Gasteiger partial charge in [0.15, 0.2) is 0 Å². The minimum Gasteiger partial charge on any atom is -0.489 e. The van der Waals surface area contributed by atoms with Crippen LogP contribution in [-0.2, 0) is 17.8 Å². The van der Waals surface area contributed by atoms with E-state index in [-0.39, 0.29) is 12.0 Å². The second-order valence-corrected chi connectivity index (χ2v) is 7.00. The van der Waals surface area contributed by atoms with E-state index in [9.17, 15) is 4.79 Å². The fourth-order valence-electron chi connectivity index (χ4n) is 3.09. The lowest BCUT2D eigenvalue weighted by Crippen LogP contribution is -2.36. The number of furan rings is 1. The van der Waals surface area contributed by atoms with Gasteiger partial charge >= 0.3 is 0 Å². The second-order valence-electron chi connectivity index (χ2n) is 6.56. The number of halogens is 1. The van der Waals surface area contributed by atoms with Crippen LogP contribution in [0.4, 0.5) is 0 Å². The van der Waals surface area contributed by atoms with Gasteiger partial charge in [0.2, 0.25) is 5.91 Å². The van der Waals surface area contributed by atoms with Crippen molar-refractivity contribution in [1.82, 2.24) is 10.2 Å². The molecule has 26 heavy (non-hydrogen) atoms. The topological polar surface area (TPSA) is 54.7 Å². The van der Waals surface area contributed by atoms with Crippen molar-refractivity contribution in [2.24, 2.45) is 0 Å². The molecular weight excluding hydrogens is 352 g/mol. The third-order valence-corrected chi connectivity index (χ3v) is 4.80. The Morgan fingerprint density at radius 3 is 3.04 bits per heavy atom. The summed E-state index contributed by atoms with van der Waals surface area (Å²) in [6.45, 7) is 4.98. The number of nitrogens with one attached hydrogen (secondary N) is 1. The molecule has 1 amide bonds. The van der Waals surface area contributed by atoms with Crippen molar-refractivity contribution < 1.29 is 13.9 Å². The molecule has 1 aliphatic heterocycles. The summed E-state index contributed by atoms with van der Waals surface area (Å²) in [5.74, 6) is 1.80. The van der Waals surface area contributed by atoms with E-state index in [1.165, 1.54) is 0 Å². The van der Waals surface area contributed by atoms with Crippen LogP contribution < -0.4 is 10.1 Å². The molecule has 0 fully saturated rings. The second kappa shape index (κ2) is 9.10. The van der Waals surface area contributed by atoms with Crippen LogP contribution in [0.5, 0.6) is 5.75 Å². The number of ether oxygens (including phenoxy) is 1. The Morgan fingerprint density at radius 1 is 1.38 bits per heavy atom. The average Bonchev–Trinajstić information content (AvgIpc) is 3.07. The van der Waals surface area contributed by atoms with Gasteiger partial charge in [-0.1, -0.05) is 24.6 Å². The van der Waals surface area contributed by atoms with Gasteiger partial charge in [-0.15, -0.1) is 0 Å². The predicted molar refractivity (Wildman–Crippen MR) is 101 cm³/mol. The van der Waals surface area contributed by atoms with E-state index < -0.39 is 0 Å². The lowest BCUT2D eigenvalue weighted by atomic mass is 10.2. The number of amides is 1. The molecule has 1 aromatic heterocycles. The Labute approximate surface area is 159 Å². The average molecular weight is 377 g/mol. The maximum absolute atomic E-state index is 12.1. The van der Waals surface area contributed by atoms with Gasteiger partial charge < -0.3 is 14.5 Å². The van der Waals surface area contributed by atoms with Gasteiger partial charge in [-0.3, -0.25) is 9.69 Å². The Balaban J connectivity index is 1.50. The largest absolute Gasteiger partial charge is 0.489 e. The van der Waals surface area contributed by atoms with Gasteiger partial charge in [-0.25, -0.2) is 0 Å². The quantitative estimate of drug-likeness (QED) is 0.801. The monoisotopic (exact) mass is 376 g/mol. The molecule has 0 saturated carbocycles. The number of hydrogen-bond donors (Lipinski definition) is 1. The molecule has 0 unspecified atom stereocenters. The SMILES string of the molecule is CC[C@H]1CN(CCC(=O)NCCc2ccco2)Cc2ccc(Cl)cc2O1. The van der Waals surface area contributed by atoms with E-state index in [0.717, 1.165) is 36.6 Å². The summed E-state index contributed by atoms with van der Waals surface area (Å²) < 4.78 is 11.4. The molecule has 2 aromatic rings. The standard InChI is InChI=1S/C20H25ClN2O3/c1-2-17-14-23(13-15-5-6-16(21)12-19(15)26-17)10-8-20(24)22-9-7-18-4-3-11-25-18/h3-6,11-12,17H,2,7-10,13-14H2,1H3,(H,22,24)/t17-/m0/s1. The lowest BCUT2D eigenvalue weighted by Gasteiger charge is -2.22. The summed E-state index contributed by atoms with van der Waals surface area (Å²) in [5.41, 5.74) is 1.11. The predicted octanol–water partition coefficient (Wildman–Crippen LogP) is 3.66. The first kappa shape index (κ1) is 18.8. The summed E-state index contributed by atoms with van der Waals surface area (Å²) in [6.07, 6.45) is 3.85. The first-order valence-electron chi connectivity index (χ1n) is 9.10. The molecule has 0 aliphatic carbocycles. The van der Waals surface area contributed by atoms with Crippen molar-refractivity contribution >= 4 is 17.5 Å². The summed E-state index contributed by atoms with van der Waals surface area (Å²) >= 11 is 6.09. The zero-order valence-electron chi connectivity index (χ0n) is 15.0. The zero-order chi connectivity index (χ0) is 18.4. The van der Waals surface area contributed by atoms with Crippen LogP contribution >= 0.6 is 11.6 Å². The summed E-state index contributed by atoms with van der Waals surface area (Å²) in [6, 6.07) is 9.54. The highest BCUT2D eigenvalue weighted by Gasteiger charge is 2.22. The van der Waals surface area contributed by atoms with Crippen LogP contribution in [-0.4, -0.2) is 36.5 Å². The van der Waals surface area contributed by atoms with E-state index in [2.05, 4.69) is 17.1 Å². The van der Waals surface area contributed by atoms with E-state index in [4.69, 9.17) is 20.8 Å². The number of fused-ring (bicyclic) bond motifs is 1. The summed E-state index contributed by atoms with van der Waals surface area (Å²) in [4.78, 5) is 14.4. The van der Waals surface area contributed by atoms with E-state index in [1.54, 1.807) is 6.26 Å². The highest BCUT2D eigenvalue weighted by Crippen LogP contribution is 2.29. The van der Waals surface area contributed by atoms with Crippen LogP contribution in [0.1, 0.15) is 31.1 Å². The van der Waals surface area contributed by atoms with Crippen LogP contribution in [0.15, 0.2) is 41.0 Å². The normalized spacial score (nSPS) is 17.2. The molecule has 6 heteroatoms. The van der Waals surface area contributed by atoms with Gasteiger partial charge in [-0.2, -0.15) is 0 Å². The maximum atomic E-state index is 12.1. The summed E-state index contributed by atoms with van der Waals surface area (Å²) in [5, 5.41) is 3.64. The molecule has 1 atom stereocenters. The van der Waals surface area contributed by atoms with Crippen molar-refractivity contribution in [2.45, 2.75) is 38.8 Å². The Bertz CT molecular complexity index is 718. The number of hydrogen-bond acceptors (Lipinski definition) is 4. The van der Waals surface area contributed by atoms with Gasteiger partial charge in [0.25, 0.3) is 0 Å². The zero-order valence-corrected chi connectivity index (χ0v) is 15.8. The van der Waals surface area contributed by atoms with Crippen molar-refractivity contribution in [3.8, 4) is 5.75 Å². The van der Waals surface area contributed by atoms with Gasteiger partial charge in [0.1, 0.15) is 17.6 Å². The minimum absolute atomic E-state index is 0.0612. The maximum Gasteiger partial charge on any atom is 0.221 e. The molecule has 1 N–H and O–H groups in total. The summed E-state index contributed by atoms with van der Waals surface area (Å²) in [7, 11) is 0. The molecular formula is C20H25ClN2O3. The smallest absolute Gasteiger partial charge is 0.221 e. The third kappa shape index (κ3) is 5.26. The number of carbonyl (C=O) groups is 1. The molecule has 3 rings (SSSR count). The number of nitrogens with zero attached hydrogens (tertiary/aromatic N) is 1. The number of carbonyl (C=O) groups excluding carboxylic acids is 1. The van der Waals surface area contributed by atoms with Crippen LogP contribution in [0.25, 0.3) is 0 Å². The van der Waals surface area contributed by atoms with Gasteiger partial charge in [0, 0.05) is 49.6 Å². The minimum atomic E-state index is 0.0612. The molecule has 5 nitrogen and oxygen atoms in total. The molecule has 0 saturated heterocycles. The van der Waals surface area contributed by atoms with E-state index >= 15 is 0 Å². The fourth-order valence-corrected chi connectivity index (χ4v) is 3.25. The Hall–Kier alpha value is -1.98. The third-order valence-electron chi connectivity index (χ3n) is 4.56. The lowest BCUT2D eigenvalue weighted by molar-refractivity contribution is -0.121. The molecule has 0 spiro atoms. The van der Waals surface area contributed by atoms with E-state index in [1.807, 2.05) is 30.3 Å². The molecule has 140 valence electrons. The molecule has 0 radical (unpaired) electrons. The molecule has 2 heterocycles. The van der Waals surface area contributed by atoms with Gasteiger partial charge in [0.05, 0.1) is 6.26 Å². The van der Waals surface area contributed by atoms with Crippen molar-refractivity contribution in [1.29, 1.82) is 0 Å². The first-order chi connectivity index (χ1) is 12.6. The van der Waals surface area contributed by atoms with Crippen LogP contribution in [0.2, 0.25) is 5.02 Å².